The van der Waals surface area contributed by atoms with Crippen molar-refractivity contribution >= 4 is 16.6 Å². The lowest BCUT2D eigenvalue weighted by molar-refractivity contribution is 0.252. The maximum Gasteiger partial charge on any atom is 0.154 e. The molecule has 6 nitrogen and oxygen atoms in total. The van der Waals surface area contributed by atoms with E-state index < -0.39 is 0 Å². The Bertz CT molecular complexity index is 1040. The third-order valence-electron chi connectivity index (χ3n) is 5.26. The standard InChI is InChI=1S/C19H20N6/c1-24-8-6-13(7-9-24)17-4-5-19-20-12-18(25(19)23-17)14-2-3-16-15(10-14)11-21-22-16/h2-5,10-13H,6-9H2,1H3,(H,21,22). The quantitative estimate of drug-likeness (QED) is 0.613. The van der Waals surface area contributed by atoms with E-state index in [1.807, 2.05) is 16.9 Å². The molecule has 126 valence electrons. The molecular weight excluding hydrogens is 312 g/mol. The average molecular weight is 332 g/mol. The summed E-state index contributed by atoms with van der Waals surface area (Å²) >= 11 is 0. The van der Waals surface area contributed by atoms with Crippen molar-refractivity contribution in [3.05, 3.63) is 48.4 Å². The Morgan fingerprint density at radius 3 is 2.84 bits per heavy atom. The maximum absolute atomic E-state index is 4.94. The van der Waals surface area contributed by atoms with Gasteiger partial charge < -0.3 is 4.90 Å². The molecule has 0 unspecified atom stereocenters. The van der Waals surface area contributed by atoms with Crippen molar-refractivity contribution in [2.75, 3.05) is 20.1 Å². The van der Waals surface area contributed by atoms with Gasteiger partial charge in [0.05, 0.1) is 29.3 Å². The largest absolute Gasteiger partial charge is 0.306 e. The van der Waals surface area contributed by atoms with Gasteiger partial charge >= 0.3 is 0 Å². The molecule has 0 amide bonds. The number of nitrogens with one attached hydrogen (secondary N) is 1. The van der Waals surface area contributed by atoms with Crippen molar-refractivity contribution in [1.82, 2.24) is 29.7 Å². The van der Waals surface area contributed by atoms with Gasteiger partial charge in [0.25, 0.3) is 0 Å². The molecule has 6 heteroatoms. The molecule has 1 N–H and O–H groups in total. The fourth-order valence-electron chi connectivity index (χ4n) is 3.71. The highest BCUT2D eigenvalue weighted by atomic mass is 15.3. The number of aromatic amines is 1. The number of rotatable bonds is 2. The minimum atomic E-state index is 0.534. The Hall–Kier alpha value is -2.73. The van der Waals surface area contributed by atoms with Gasteiger partial charge in [0, 0.05) is 16.9 Å². The van der Waals surface area contributed by atoms with Gasteiger partial charge in [-0.15, -0.1) is 0 Å². The van der Waals surface area contributed by atoms with Crippen LogP contribution in [0.2, 0.25) is 0 Å². The first kappa shape index (κ1) is 14.6. The van der Waals surface area contributed by atoms with Crippen molar-refractivity contribution in [2.45, 2.75) is 18.8 Å². The predicted octanol–water partition coefficient (Wildman–Crippen LogP) is 3.08. The van der Waals surface area contributed by atoms with E-state index in [2.05, 4.69) is 57.5 Å². The minimum Gasteiger partial charge on any atom is -0.306 e. The summed E-state index contributed by atoms with van der Waals surface area (Å²) in [6, 6.07) is 10.5. The zero-order valence-corrected chi connectivity index (χ0v) is 14.2. The highest BCUT2D eigenvalue weighted by molar-refractivity contribution is 5.83. The molecule has 1 aromatic carbocycles. The van der Waals surface area contributed by atoms with Crippen molar-refractivity contribution in [2.24, 2.45) is 0 Å². The zero-order chi connectivity index (χ0) is 16.8. The molecule has 0 atom stereocenters. The SMILES string of the molecule is CN1CCC(c2ccc3ncc(-c4ccc5[nH]ncc5c4)n3n2)CC1. The normalized spacial score (nSPS) is 16.8. The van der Waals surface area contributed by atoms with Crippen molar-refractivity contribution < 1.29 is 0 Å². The molecule has 3 aromatic heterocycles. The van der Waals surface area contributed by atoms with E-state index in [0.717, 1.165) is 40.9 Å². The number of fused-ring (bicyclic) bond motifs is 2. The molecule has 5 rings (SSSR count). The van der Waals surface area contributed by atoms with E-state index in [-0.39, 0.29) is 0 Å². The lowest BCUT2D eigenvalue weighted by Crippen LogP contribution is -2.29. The van der Waals surface area contributed by atoms with E-state index in [4.69, 9.17) is 5.10 Å². The Morgan fingerprint density at radius 2 is 1.96 bits per heavy atom. The fourth-order valence-corrected chi connectivity index (χ4v) is 3.71. The molecule has 1 aliphatic rings. The molecule has 25 heavy (non-hydrogen) atoms. The number of likely N-dealkylation sites (tertiary alicyclic amines) is 1. The second-order valence-corrected chi connectivity index (χ2v) is 6.92. The molecule has 4 aromatic rings. The second kappa shape index (κ2) is 5.67. The third-order valence-corrected chi connectivity index (χ3v) is 5.26. The zero-order valence-electron chi connectivity index (χ0n) is 14.2. The molecule has 4 heterocycles. The molecule has 0 saturated carbocycles. The summed E-state index contributed by atoms with van der Waals surface area (Å²) in [7, 11) is 2.19. The molecule has 1 saturated heterocycles. The van der Waals surface area contributed by atoms with Crippen LogP contribution < -0.4 is 0 Å². The van der Waals surface area contributed by atoms with Gasteiger partial charge in [0.2, 0.25) is 0 Å². The molecule has 0 aliphatic carbocycles. The summed E-state index contributed by atoms with van der Waals surface area (Å²) in [5.74, 6) is 0.534. The van der Waals surface area contributed by atoms with E-state index >= 15 is 0 Å². The van der Waals surface area contributed by atoms with Crippen LogP contribution in [-0.2, 0) is 0 Å². The summed E-state index contributed by atoms with van der Waals surface area (Å²) in [5.41, 5.74) is 5.23. The van der Waals surface area contributed by atoms with Crippen molar-refractivity contribution in [3.63, 3.8) is 0 Å². The van der Waals surface area contributed by atoms with Crippen molar-refractivity contribution in [3.8, 4) is 11.3 Å². The first-order chi connectivity index (χ1) is 12.3. The van der Waals surface area contributed by atoms with Crippen LogP contribution in [0.1, 0.15) is 24.5 Å². The Morgan fingerprint density at radius 1 is 1.08 bits per heavy atom. The van der Waals surface area contributed by atoms with Gasteiger partial charge in [-0.3, -0.25) is 5.10 Å². The Kier molecular flexibility index (Phi) is 3.31. The monoisotopic (exact) mass is 332 g/mol. The van der Waals surface area contributed by atoms with Crippen LogP contribution in [-0.4, -0.2) is 49.8 Å². The van der Waals surface area contributed by atoms with Crippen LogP contribution in [0, 0.1) is 0 Å². The van der Waals surface area contributed by atoms with Crippen LogP contribution in [0.3, 0.4) is 0 Å². The smallest absolute Gasteiger partial charge is 0.154 e. The lowest BCUT2D eigenvalue weighted by atomic mass is 9.94. The van der Waals surface area contributed by atoms with Gasteiger partial charge in [-0.25, -0.2) is 9.50 Å². The van der Waals surface area contributed by atoms with Crippen molar-refractivity contribution in [1.29, 1.82) is 0 Å². The molecule has 0 bridgehead atoms. The summed E-state index contributed by atoms with van der Waals surface area (Å²) in [6.45, 7) is 2.27. The van der Waals surface area contributed by atoms with Crippen LogP contribution in [0.4, 0.5) is 0 Å². The molecular formula is C19H20N6. The van der Waals surface area contributed by atoms with Gasteiger partial charge in [-0.05, 0) is 57.2 Å². The van der Waals surface area contributed by atoms with Crippen LogP contribution >= 0.6 is 0 Å². The Labute approximate surface area is 145 Å². The lowest BCUT2D eigenvalue weighted by Gasteiger charge is -2.28. The number of imidazole rings is 1. The fraction of sp³-hybridized carbons (Fsp3) is 0.316. The topological polar surface area (TPSA) is 62.1 Å². The van der Waals surface area contributed by atoms with Gasteiger partial charge in [0.1, 0.15) is 0 Å². The highest BCUT2D eigenvalue weighted by Crippen LogP contribution is 2.28. The number of H-pyrrole nitrogens is 1. The average Bonchev–Trinajstić information content (AvgIpc) is 3.27. The molecule has 0 spiro atoms. The number of benzene rings is 1. The minimum absolute atomic E-state index is 0.534. The number of hydrogen-bond donors (Lipinski definition) is 1. The van der Waals surface area contributed by atoms with E-state index in [1.165, 1.54) is 18.5 Å². The Balaban J connectivity index is 1.57. The molecule has 1 fully saturated rings. The van der Waals surface area contributed by atoms with Gasteiger partial charge in [0.15, 0.2) is 5.65 Å². The number of piperidine rings is 1. The van der Waals surface area contributed by atoms with Gasteiger partial charge in [-0.2, -0.15) is 10.2 Å². The van der Waals surface area contributed by atoms with Crippen LogP contribution in [0.25, 0.3) is 27.8 Å². The first-order valence-electron chi connectivity index (χ1n) is 8.75. The summed E-state index contributed by atoms with van der Waals surface area (Å²) in [5, 5.41) is 13.1. The molecule has 0 radical (unpaired) electrons. The summed E-state index contributed by atoms with van der Waals surface area (Å²) in [6.07, 6.45) is 6.08. The maximum atomic E-state index is 4.94. The summed E-state index contributed by atoms with van der Waals surface area (Å²) < 4.78 is 1.98. The van der Waals surface area contributed by atoms with E-state index in [1.54, 1.807) is 0 Å². The number of hydrogen-bond acceptors (Lipinski definition) is 4. The number of aromatic nitrogens is 5. The van der Waals surface area contributed by atoms with E-state index in [9.17, 15) is 0 Å². The number of nitrogens with zero attached hydrogens (tertiary/aromatic N) is 5. The van der Waals surface area contributed by atoms with Crippen LogP contribution in [0.15, 0.2) is 42.7 Å². The third kappa shape index (κ3) is 2.49. The first-order valence-corrected chi connectivity index (χ1v) is 8.75. The second-order valence-electron chi connectivity index (χ2n) is 6.92. The summed E-state index contributed by atoms with van der Waals surface area (Å²) in [4.78, 5) is 6.92. The van der Waals surface area contributed by atoms with Crippen LogP contribution in [0.5, 0.6) is 0 Å². The predicted molar refractivity (Wildman–Crippen MR) is 97.5 cm³/mol. The van der Waals surface area contributed by atoms with Gasteiger partial charge in [-0.1, -0.05) is 6.07 Å². The van der Waals surface area contributed by atoms with E-state index in [0.29, 0.717) is 5.92 Å². The highest BCUT2D eigenvalue weighted by Gasteiger charge is 2.20. The molecule has 1 aliphatic heterocycles.